The van der Waals surface area contributed by atoms with Gasteiger partial charge in [-0.15, -0.1) is 4.39 Å². The highest BCUT2D eigenvalue weighted by Gasteiger charge is 2.24. The largest absolute Gasteiger partial charge is 0.454 e. The van der Waals surface area contributed by atoms with Gasteiger partial charge in [-0.25, -0.2) is 0 Å². The summed E-state index contributed by atoms with van der Waals surface area (Å²) in [4.78, 5) is 11.7. The number of aromatic amines is 1. The first-order valence-electron chi connectivity index (χ1n) is 9.44. The zero-order chi connectivity index (χ0) is 20.5. The van der Waals surface area contributed by atoms with E-state index in [4.69, 9.17) is 15.2 Å². The summed E-state index contributed by atoms with van der Waals surface area (Å²) in [6, 6.07) is 3.89. The summed E-state index contributed by atoms with van der Waals surface area (Å²) in [5.41, 5.74) is 7.98. The number of rotatable bonds is 7. The van der Waals surface area contributed by atoms with Crippen LogP contribution in [0.3, 0.4) is 0 Å². The van der Waals surface area contributed by atoms with Crippen molar-refractivity contribution in [3.05, 3.63) is 33.2 Å². The Hall–Kier alpha value is -2.21. The quantitative estimate of drug-likeness (QED) is 0.195. The number of nitrogen functional groups attached to an aromatic ring is 1. The number of H-pyrrole nitrogens is 1. The highest BCUT2D eigenvalue weighted by molar-refractivity contribution is 14.1. The van der Waals surface area contributed by atoms with Gasteiger partial charge in [-0.05, 0) is 52.7 Å². The lowest BCUT2D eigenvalue weighted by molar-refractivity contribution is -0.703. The van der Waals surface area contributed by atoms with E-state index in [-0.39, 0.29) is 12.6 Å². The molecule has 0 radical (unpaired) electrons. The standard InChI is InChI=1S/C19H22FIN6O2/c1-10(2)8-23-3-4-27-18-16(17(22)26-19(27)20)24-15(25-18)6-11-5-13-14(7-12(11)21)29-9-28-13/h5,7,10,23H,3-4,6,8-9H2,1-2H3,(H2,22,24,25)/p+1/i21-3. The number of halogens is 2. The van der Waals surface area contributed by atoms with Crippen molar-refractivity contribution in [1.29, 1.82) is 0 Å². The van der Waals surface area contributed by atoms with Crippen molar-refractivity contribution in [3.63, 3.8) is 0 Å². The van der Waals surface area contributed by atoms with Crippen LogP contribution in [0.4, 0.5) is 10.2 Å². The van der Waals surface area contributed by atoms with Gasteiger partial charge in [0.1, 0.15) is 0 Å². The Morgan fingerprint density at radius 3 is 2.83 bits per heavy atom. The van der Waals surface area contributed by atoms with Gasteiger partial charge in [0.25, 0.3) is 5.65 Å². The Labute approximate surface area is 181 Å². The number of aromatic nitrogens is 4. The van der Waals surface area contributed by atoms with E-state index >= 15 is 0 Å². The average Bonchev–Trinajstić information content (AvgIpc) is 3.28. The van der Waals surface area contributed by atoms with Gasteiger partial charge in [0.15, 0.2) is 22.8 Å². The topological polar surface area (TPSA) is 102 Å². The summed E-state index contributed by atoms with van der Waals surface area (Å²) in [5.74, 6) is 2.76. The molecule has 3 heterocycles. The summed E-state index contributed by atoms with van der Waals surface area (Å²) < 4.78 is 27.8. The number of nitrogens with two attached hydrogens (primary N) is 1. The van der Waals surface area contributed by atoms with Gasteiger partial charge in [-0.2, -0.15) is 4.57 Å². The molecule has 1 aromatic carbocycles. The van der Waals surface area contributed by atoms with Gasteiger partial charge in [-0.1, -0.05) is 23.8 Å². The fourth-order valence-corrected chi connectivity index (χ4v) is 3.86. The highest BCUT2D eigenvalue weighted by Crippen LogP contribution is 2.36. The van der Waals surface area contributed by atoms with Crippen LogP contribution < -0.4 is 25.1 Å². The van der Waals surface area contributed by atoms with E-state index < -0.39 is 6.08 Å². The molecule has 4 N–H and O–H groups in total. The Kier molecular flexibility index (Phi) is 5.72. The van der Waals surface area contributed by atoms with Crippen LogP contribution in [0.1, 0.15) is 25.2 Å². The molecule has 0 amide bonds. The predicted octanol–water partition coefficient (Wildman–Crippen LogP) is 2.14. The van der Waals surface area contributed by atoms with Gasteiger partial charge in [0, 0.05) is 16.5 Å². The van der Waals surface area contributed by atoms with Crippen LogP contribution >= 0.6 is 22.6 Å². The third kappa shape index (κ3) is 4.22. The van der Waals surface area contributed by atoms with E-state index in [1.807, 2.05) is 12.1 Å². The molecule has 8 nitrogen and oxygen atoms in total. The van der Waals surface area contributed by atoms with Crippen LogP contribution in [0.5, 0.6) is 11.5 Å². The van der Waals surface area contributed by atoms with Gasteiger partial charge < -0.3 is 25.5 Å². The molecule has 0 spiro atoms. The Morgan fingerprint density at radius 2 is 2.07 bits per heavy atom. The van der Waals surface area contributed by atoms with Crippen molar-refractivity contribution in [1.82, 2.24) is 20.3 Å². The van der Waals surface area contributed by atoms with E-state index in [0.29, 0.717) is 42.4 Å². The minimum Gasteiger partial charge on any atom is -0.454 e. The molecular formula is C19H23FIN6O2+. The first-order valence-corrected chi connectivity index (χ1v) is 10.5. The molecule has 0 aliphatic carbocycles. The van der Waals surface area contributed by atoms with Crippen LogP contribution in [0.15, 0.2) is 12.1 Å². The van der Waals surface area contributed by atoms with E-state index in [1.54, 1.807) is 0 Å². The molecule has 0 bridgehead atoms. The third-order valence-corrected chi connectivity index (χ3v) is 5.65. The highest BCUT2D eigenvalue weighted by atomic mass is 124. The van der Waals surface area contributed by atoms with Crippen molar-refractivity contribution < 1.29 is 18.4 Å². The van der Waals surface area contributed by atoms with Crippen LogP contribution in [-0.2, 0) is 13.0 Å². The molecule has 154 valence electrons. The van der Waals surface area contributed by atoms with Gasteiger partial charge in [-0.3, -0.25) is 0 Å². The van der Waals surface area contributed by atoms with E-state index in [1.165, 1.54) is 4.57 Å². The molecular weight excluding hydrogens is 487 g/mol. The number of fused-ring (bicyclic) bond motifs is 2. The van der Waals surface area contributed by atoms with Crippen molar-refractivity contribution in [2.75, 3.05) is 25.6 Å². The van der Waals surface area contributed by atoms with Crippen molar-refractivity contribution in [2.24, 2.45) is 5.92 Å². The third-order valence-electron chi connectivity index (χ3n) is 4.65. The number of anilines is 1. The Balaban J connectivity index is 1.62. The molecule has 2 aromatic heterocycles. The molecule has 1 aliphatic heterocycles. The summed E-state index contributed by atoms with van der Waals surface area (Å²) in [6.07, 6.45) is -0.118. The molecule has 4 rings (SSSR count). The van der Waals surface area contributed by atoms with E-state index in [0.717, 1.165) is 27.2 Å². The van der Waals surface area contributed by atoms with Gasteiger partial charge >= 0.3 is 6.08 Å². The first kappa shape index (κ1) is 20.1. The summed E-state index contributed by atoms with van der Waals surface area (Å²) in [7, 11) is 0. The molecule has 0 saturated carbocycles. The zero-order valence-corrected chi connectivity index (χ0v) is 18.4. The average molecular weight is 510 g/mol. The lowest BCUT2D eigenvalue weighted by Crippen LogP contribution is -2.45. The molecule has 10 heteroatoms. The minimum atomic E-state index is -0.642. The summed E-state index contributed by atoms with van der Waals surface area (Å²) >= 11 is 2.26. The van der Waals surface area contributed by atoms with Crippen LogP contribution in [0.2, 0.25) is 0 Å². The maximum atomic E-state index is 14.5. The van der Waals surface area contributed by atoms with Crippen LogP contribution in [0.25, 0.3) is 11.2 Å². The lowest BCUT2D eigenvalue weighted by atomic mass is 10.1. The SMILES string of the molecule is CC(C)CNCC[n+]1c(F)nc(N)c2[nH]c(Cc3cc4c(cc3[124I])OCO4)nc21. The maximum absolute atomic E-state index is 14.5. The summed E-state index contributed by atoms with van der Waals surface area (Å²) in [6.45, 7) is 6.37. The van der Waals surface area contributed by atoms with E-state index in [2.05, 4.69) is 56.7 Å². The molecule has 1 aliphatic rings. The fraction of sp³-hybridized carbons (Fsp3) is 0.421. The zero-order valence-electron chi connectivity index (χ0n) is 16.3. The fourth-order valence-electron chi connectivity index (χ4n) is 3.23. The normalized spacial score (nSPS) is 13.0. The van der Waals surface area contributed by atoms with Crippen molar-refractivity contribution in [2.45, 2.75) is 26.8 Å². The number of nitrogens with zero attached hydrogens (tertiary/aromatic N) is 3. The maximum Gasteiger partial charge on any atom is 0.425 e. The van der Waals surface area contributed by atoms with Crippen LogP contribution in [0, 0.1) is 15.6 Å². The molecule has 0 fully saturated rings. The molecule has 0 unspecified atom stereocenters. The molecule has 3 aromatic rings. The Morgan fingerprint density at radius 1 is 1.31 bits per heavy atom. The predicted molar refractivity (Wildman–Crippen MR) is 114 cm³/mol. The number of ether oxygens (including phenoxy) is 2. The monoisotopic (exact) mass is 510 g/mol. The second-order valence-corrected chi connectivity index (χ2v) is 8.53. The van der Waals surface area contributed by atoms with Crippen molar-refractivity contribution >= 4 is 39.6 Å². The lowest BCUT2D eigenvalue weighted by Gasteiger charge is -2.07. The second-order valence-electron chi connectivity index (χ2n) is 7.37. The molecule has 29 heavy (non-hydrogen) atoms. The number of hydrogen-bond acceptors (Lipinski definition) is 6. The van der Waals surface area contributed by atoms with Crippen molar-refractivity contribution in [3.8, 4) is 11.5 Å². The second kappa shape index (κ2) is 8.27. The van der Waals surface area contributed by atoms with Crippen LogP contribution in [-0.4, -0.2) is 34.8 Å². The smallest absolute Gasteiger partial charge is 0.425 e. The molecule has 0 atom stereocenters. The first-order chi connectivity index (χ1) is 13.9. The minimum absolute atomic E-state index is 0.100. The number of hydrogen-bond donors (Lipinski definition) is 3. The van der Waals surface area contributed by atoms with Gasteiger partial charge in [0.2, 0.25) is 12.6 Å². The summed E-state index contributed by atoms with van der Waals surface area (Å²) in [5, 5.41) is 3.31. The van der Waals surface area contributed by atoms with E-state index in [9.17, 15) is 4.39 Å². The number of nitrogens with one attached hydrogen (secondary N) is 2. The number of benzene rings is 1. The Bertz CT molecular complexity index is 1060. The molecule has 0 saturated heterocycles. The van der Waals surface area contributed by atoms with Gasteiger partial charge in [0.05, 0.1) is 6.54 Å². The number of imidazole rings is 1.